The second-order valence-electron chi connectivity index (χ2n) is 10.9. The number of thioether (sulfide) groups is 1. The number of fused-ring (bicyclic) bond motifs is 6. The summed E-state index contributed by atoms with van der Waals surface area (Å²) in [5.74, 6) is -0.760. The maximum atomic E-state index is 11.5. The summed E-state index contributed by atoms with van der Waals surface area (Å²) in [7, 11) is -8.44. The molecule has 8 nitrogen and oxygen atoms in total. The monoisotopic (exact) mass is 703 g/mol. The Morgan fingerprint density at radius 2 is 1.59 bits per heavy atom. The molecule has 6 rings (SSSR count). The minimum atomic E-state index is -4.34. The van der Waals surface area contributed by atoms with Gasteiger partial charge in [0.25, 0.3) is 15.1 Å². The normalized spacial score (nSPS) is 14.8. The van der Waals surface area contributed by atoms with Crippen LogP contribution in [0.2, 0.25) is 0 Å². The van der Waals surface area contributed by atoms with Crippen molar-refractivity contribution in [1.82, 2.24) is 0 Å². The molecule has 0 atom stereocenters. The Labute approximate surface area is 299 Å². The van der Waals surface area contributed by atoms with E-state index in [2.05, 4.69) is 71.0 Å². The second-order valence-corrected chi connectivity index (χ2v) is 16.1. The molecule has 4 aromatic carbocycles. The third kappa shape index (κ3) is 7.88. The van der Waals surface area contributed by atoms with Crippen LogP contribution in [0.25, 0.3) is 37.8 Å². The van der Waals surface area contributed by atoms with Crippen molar-refractivity contribution in [3.05, 3.63) is 94.5 Å². The molecule has 1 aliphatic rings. The number of benzene rings is 4. The first kappa shape index (κ1) is 35.1. The first-order valence-corrected chi connectivity index (χ1v) is 19.4. The van der Waals surface area contributed by atoms with Crippen molar-refractivity contribution in [2.75, 3.05) is 23.0 Å². The van der Waals surface area contributed by atoms with E-state index in [-0.39, 0.29) is 48.2 Å². The van der Waals surface area contributed by atoms with Crippen molar-refractivity contribution in [1.29, 1.82) is 0 Å². The van der Waals surface area contributed by atoms with E-state index in [4.69, 9.17) is 0 Å². The molecule has 0 fully saturated rings. The van der Waals surface area contributed by atoms with Crippen LogP contribution >= 0.6 is 23.1 Å². The van der Waals surface area contributed by atoms with E-state index in [0.29, 0.717) is 19.5 Å². The maximum absolute atomic E-state index is 11.5. The van der Waals surface area contributed by atoms with E-state index < -0.39 is 26.0 Å². The number of hydrogen-bond donors (Lipinski definition) is 1. The van der Waals surface area contributed by atoms with E-state index in [1.54, 1.807) is 23.1 Å². The van der Waals surface area contributed by atoms with Crippen molar-refractivity contribution in [2.24, 2.45) is 0 Å². The van der Waals surface area contributed by atoms with Crippen LogP contribution in [-0.4, -0.2) is 73.5 Å². The fourth-order valence-corrected chi connectivity index (χ4v) is 9.11. The van der Waals surface area contributed by atoms with Crippen molar-refractivity contribution in [3.8, 4) is 0 Å². The molecule has 235 valence electrons. The molecule has 0 spiro atoms. The van der Waals surface area contributed by atoms with Crippen LogP contribution in [0.5, 0.6) is 0 Å². The van der Waals surface area contributed by atoms with E-state index in [0.717, 1.165) is 58.0 Å². The van der Waals surface area contributed by atoms with Crippen LogP contribution in [0, 0.1) is 0 Å². The molecule has 0 aliphatic carbocycles. The van der Waals surface area contributed by atoms with Gasteiger partial charge in [0.1, 0.15) is 4.70 Å². The van der Waals surface area contributed by atoms with E-state index in [9.17, 15) is 25.9 Å². The molecular formula is C33H32N2NaO6S4. The van der Waals surface area contributed by atoms with Gasteiger partial charge in [0, 0.05) is 64.6 Å². The van der Waals surface area contributed by atoms with E-state index >= 15 is 0 Å². The first-order chi connectivity index (χ1) is 21.5. The Balaban J connectivity index is 0.00000417. The van der Waals surface area contributed by atoms with Gasteiger partial charge < -0.3 is 9.45 Å². The first-order valence-electron chi connectivity index (χ1n) is 14.6. The fourth-order valence-electron chi connectivity index (χ4n) is 5.77. The molecule has 1 radical (unpaired) electrons. The number of aromatic nitrogens is 1. The summed E-state index contributed by atoms with van der Waals surface area (Å²) in [5.41, 5.74) is 3.07. The van der Waals surface area contributed by atoms with Crippen LogP contribution in [0.15, 0.2) is 94.4 Å². The molecule has 46 heavy (non-hydrogen) atoms. The zero-order valence-corrected chi connectivity index (χ0v) is 30.8. The molecule has 0 saturated heterocycles. The minimum absolute atomic E-state index is 0. The number of rotatable bonds is 11. The Kier molecular flexibility index (Phi) is 11.0. The van der Waals surface area contributed by atoms with Crippen LogP contribution in [0.4, 0.5) is 5.69 Å². The molecule has 1 N–H and O–H groups in total. The van der Waals surface area contributed by atoms with Crippen molar-refractivity contribution >= 4 is 116 Å². The summed E-state index contributed by atoms with van der Waals surface area (Å²) in [5, 5.41) is 6.20. The van der Waals surface area contributed by atoms with E-state index in [1.807, 2.05) is 30.3 Å². The zero-order chi connectivity index (χ0) is 31.8. The Bertz CT molecular complexity index is 2210. The molecule has 1 aliphatic heterocycles. The summed E-state index contributed by atoms with van der Waals surface area (Å²) >= 11 is 3.25. The van der Waals surface area contributed by atoms with Gasteiger partial charge in [0.2, 0.25) is 5.52 Å². The third-order valence-electron chi connectivity index (χ3n) is 7.81. The van der Waals surface area contributed by atoms with Crippen LogP contribution in [-0.2, 0) is 26.8 Å². The molecule has 2 heterocycles. The van der Waals surface area contributed by atoms with Gasteiger partial charge in [-0.05, 0) is 53.5 Å². The molecule has 0 unspecified atom stereocenters. The molecular weight excluding hydrogens is 672 g/mol. The van der Waals surface area contributed by atoms with Crippen molar-refractivity contribution < 1.29 is 30.5 Å². The molecule has 13 heteroatoms. The number of nitrogens with zero attached hydrogens (tertiary/aromatic N) is 2. The predicted octanol–water partition coefficient (Wildman–Crippen LogP) is 6.57. The molecule has 0 bridgehead atoms. The number of anilines is 1. The van der Waals surface area contributed by atoms with Crippen molar-refractivity contribution in [2.45, 2.75) is 37.6 Å². The predicted molar refractivity (Wildman–Crippen MR) is 189 cm³/mol. The zero-order valence-electron chi connectivity index (χ0n) is 25.5. The summed E-state index contributed by atoms with van der Waals surface area (Å²) in [4.78, 5) is 3.22. The summed E-state index contributed by atoms with van der Waals surface area (Å²) < 4.78 is 70.0. The summed E-state index contributed by atoms with van der Waals surface area (Å²) in [6, 6.07) is 24.5. The Morgan fingerprint density at radius 3 is 2.28 bits per heavy atom. The second kappa shape index (κ2) is 14.5. The van der Waals surface area contributed by atoms with Crippen LogP contribution < -0.4 is 9.47 Å². The summed E-state index contributed by atoms with van der Waals surface area (Å²) in [6.07, 6.45) is 5.42. The minimum Gasteiger partial charge on any atom is -0.748 e. The van der Waals surface area contributed by atoms with Gasteiger partial charge in [0.05, 0.1) is 32.0 Å². The smallest absolute Gasteiger partial charge is 0.264 e. The van der Waals surface area contributed by atoms with Gasteiger partial charge in [-0.25, -0.2) is 8.42 Å². The standard InChI is InChI=1S/C33H32N2O6S4.Na/c1-2-23(21-30-34(17-7-19-44(36,37)38)32-26-11-5-3-9-24(26)13-15-28(32)42-30)22-31-35(18-8-20-45(39,40)41)33-27-12-6-4-10-25(27)14-16-29(33)43-31;/h3-6,9-16,21-22H,2,7-8,17-20H2,1H3,(H-,36,37,38,39,40,41);. The largest absolute Gasteiger partial charge is 0.748 e. The van der Waals surface area contributed by atoms with Crippen LogP contribution in [0.3, 0.4) is 0 Å². The quantitative estimate of drug-likeness (QED) is 0.0932. The molecule has 5 aromatic rings. The van der Waals surface area contributed by atoms with Gasteiger partial charge in [-0.2, -0.15) is 13.0 Å². The maximum Gasteiger partial charge on any atom is 0.264 e. The van der Waals surface area contributed by atoms with Crippen molar-refractivity contribution in [3.63, 3.8) is 0 Å². The third-order valence-corrected chi connectivity index (χ3v) is 11.6. The molecule has 0 saturated carbocycles. The van der Waals surface area contributed by atoms with Gasteiger partial charge in [0.15, 0.2) is 6.54 Å². The van der Waals surface area contributed by atoms with E-state index in [1.165, 1.54) is 0 Å². The number of aryl methyl sites for hydroxylation is 1. The van der Waals surface area contributed by atoms with Gasteiger partial charge in [-0.15, -0.1) is 0 Å². The van der Waals surface area contributed by atoms with Crippen LogP contribution in [0.1, 0.15) is 31.2 Å². The Morgan fingerprint density at radius 1 is 0.913 bits per heavy atom. The fraction of sp³-hybridized carbons (Fsp3) is 0.242. The average Bonchev–Trinajstić information content (AvgIpc) is 3.53. The van der Waals surface area contributed by atoms with Gasteiger partial charge >= 0.3 is 0 Å². The van der Waals surface area contributed by atoms with Gasteiger partial charge in [-0.3, -0.25) is 4.55 Å². The number of thiazole rings is 1. The number of hydrogen-bond acceptors (Lipinski definition) is 8. The van der Waals surface area contributed by atoms with Gasteiger partial charge in [-0.1, -0.05) is 84.6 Å². The Hall–Kier alpha value is -2.26. The number of allylic oxidation sites excluding steroid dienone is 2. The molecule has 1 aromatic heterocycles. The topological polar surface area (TPSA) is 119 Å². The summed E-state index contributed by atoms with van der Waals surface area (Å²) in [6.45, 7) is 2.86. The average molecular weight is 704 g/mol. The molecule has 0 amide bonds. The SMILES string of the molecule is CCC(=Cc1sc2ccc3ccccc3c2[n+]1CCCS(=O)(=O)[O-])C=C1Sc2ccc3ccccc3c2N1CCCS(=O)(=O)O.[Na].